The first kappa shape index (κ1) is 11.1. The summed E-state index contributed by atoms with van der Waals surface area (Å²) in [5, 5.41) is 2.93. The highest BCUT2D eigenvalue weighted by molar-refractivity contribution is 5.95. The molecule has 0 aromatic heterocycles. The molecule has 1 amide bonds. The summed E-state index contributed by atoms with van der Waals surface area (Å²) in [5.41, 5.74) is 7.99. The van der Waals surface area contributed by atoms with Gasteiger partial charge < -0.3 is 5.32 Å². The fourth-order valence-corrected chi connectivity index (χ4v) is 1.82. The third kappa shape index (κ3) is 2.40. The first-order valence-electron chi connectivity index (χ1n) is 5.54. The molecule has 1 aliphatic heterocycles. The fourth-order valence-electron chi connectivity index (χ4n) is 1.82. The number of amides is 1. The molecular formula is C12H17N3O. The SMILES string of the molecule is Cc1ccccc1NC(=O)C1CC(C)NN1. The van der Waals surface area contributed by atoms with E-state index in [0.717, 1.165) is 17.7 Å². The number of aryl methyl sites for hydroxylation is 1. The maximum absolute atomic E-state index is 11.9. The van der Waals surface area contributed by atoms with E-state index >= 15 is 0 Å². The van der Waals surface area contributed by atoms with Gasteiger partial charge in [0, 0.05) is 11.7 Å². The molecule has 0 radical (unpaired) electrons. The monoisotopic (exact) mass is 219 g/mol. The third-order valence-corrected chi connectivity index (χ3v) is 2.81. The Hall–Kier alpha value is -1.39. The van der Waals surface area contributed by atoms with Crippen LogP contribution in [0.25, 0.3) is 0 Å². The van der Waals surface area contributed by atoms with Crippen molar-refractivity contribution in [2.45, 2.75) is 32.4 Å². The van der Waals surface area contributed by atoms with Gasteiger partial charge in [0.15, 0.2) is 0 Å². The Balaban J connectivity index is 2.00. The van der Waals surface area contributed by atoms with Crippen LogP contribution in [0, 0.1) is 6.92 Å². The van der Waals surface area contributed by atoms with Gasteiger partial charge in [-0.1, -0.05) is 18.2 Å². The summed E-state index contributed by atoms with van der Waals surface area (Å²) in [6.45, 7) is 4.03. The van der Waals surface area contributed by atoms with E-state index in [1.807, 2.05) is 38.1 Å². The van der Waals surface area contributed by atoms with E-state index in [9.17, 15) is 4.79 Å². The van der Waals surface area contributed by atoms with Gasteiger partial charge in [0.1, 0.15) is 6.04 Å². The molecule has 1 aromatic carbocycles. The van der Waals surface area contributed by atoms with Crippen LogP contribution in [0.1, 0.15) is 18.9 Å². The summed E-state index contributed by atoms with van der Waals surface area (Å²) < 4.78 is 0. The molecule has 1 heterocycles. The van der Waals surface area contributed by atoms with Gasteiger partial charge >= 0.3 is 0 Å². The van der Waals surface area contributed by atoms with Crippen molar-refractivity contribution in [2.75, 3.05) is 5.32 Å². The highest BCUT2D eigenvalue weighted by atomic mass is 16.2. The molecule has 3 N–H and O–H groups in total. The zero-order valence-corrected chi connectivity index (χ0v) is 9.58. The first-order valence-corrected chi connectivity index (χ1v) is 5.54. The molecule has 2 rings (SSSR count). The van der Waals surface area contributed by atoms with Gasteiger partial charge in [0.05, 0.1) is 0 Å². The van der Waals surface area contributed by atoms with Gasteiger partial charge in [0.25, 0.3) is 0 Å². The second-order valence-corrected chi connectivity index (χ2v) is 4.28. The lowest BCUT2D eigenvalue weighted by atomic mass is 10.1. The van der Waals surface area contributed by atoms with E-state index in [2.05, 4.69) is 16.2 Å². The number of hydrazine groups is 1. The largest absolute Gasteiger partial charge is 0.324 e. The average molecular weight is 219 g/mol. The molecule has 2 unspecified atom stereocenters. The van der Waals surface area contributed by atoms with Gasteiger partial charge in [-0.25, -0.2) is 5.43 Å². The predicted molar refractivity (Wildman–Crippen MR) is 63.9 cm³/mol. The number of hydrogen-bond acceptors (Lipinski definition) is 3. The number of rotatable bonds is 2. The second kappa shape index (κ2) is 4.63. The maximum Gasteiger partial charge on any atom is 0.242 e. The standard InChI is InChI=1S/C12H17N3O/c1-8-5-3-4-6-10(8)13-12(16)11-7-9(2)14-15-11/h3-6,9,11,14-15H,7H2,1-2H3,(H,13,16). The lowest BCUT2D eigenvalue weighted by Gasteiger charge is -2.12. The van der Waals surface area contributed by atoms with Crippen molar-refractivity contribution in [3.63, 3.8) is 0 Å². The van der Waals surface area contributed by atoms with Crippen LogP contribution in [-0.4, -0.2) is 18.0 Å². The number of benzene rings is 1. The van der Waals surface area contributed by atoms with Crippen LogP contribution in [0.3, 0.4) is 0 Å². The first-order chi connectivity index (χ1) is 7.66. The Morgan fingerprint density at radius 2 is 2.12 bits per heavy atom. The van der Waals surface area contributed by atoms with Crippen LogP contribution in [0.5, 0.6) is 0 Å². The van der Waals surface area contributed by atoms with Gasteiger partial charge in [-0.2, -0.15) is 0 Å². The highest BCUT2D eigenvalue weighted by Crippen LogP contribution is 2.14. The van der Waals surface area contributed by atoms with E-state index < -0.39 is 0 Å². The molecule has 86 valence electrons. The van der Waals surface area contributed by atoms with Gasteiger partial charge in [-0.15, -0.1) is 0 Å². The summed E-state index contributed by atoms with van der Waals surface area (Å²) >= 11 is 0. The lowest BCUT2D eigenvalue weighted by Crippen LogP contribution is -2.40. The fraction of sp³-hybridized carbons (Fsp3) is 0.417. The van der Waals surface area contributed by atoms with Gasteiger partial charge in [-0.3, -0.25) is 10.2 Å². The number of anilines is 1. The molecule has 0 aliphatic carbocycles. The molecule has 4 nitrogen and oxygen atoms in total. The third-order valence-electron chi connectivity index (χ3n) is 2.81. The van der Waals surface area contributed by atoms with Crippen LogP contribution in [0.15, 0.2) is 24.3 Å². The summed E-state index contributed by atoms with van der Waals surface area (Å²) in [5.74, 6) is 0.0196. The molecule has 16 heavy (non-hydrogen) atoms. The maximum atomic E-state index is 11.9. The molecule has 0 spiro atoms. The Bertz CT molecular complexity index is 392. The predicted octanol–water partition coefficient (Wildman–Crippen LogP) is 1.19. The Morgan fingerprint density at radius 3 is 2.75 bits per heavy atom. The van der Waals surface area contributed by atoms with Crippen molar-refractivity contribution in [1.29, 1.82) is 0 Å². The molecule has 1 saturated heterocycles. The van der Waals surface area contributed by atoms with Crippen LogP contribution in [0.4, 0.5) is 5.69 Å². The number of para-hydroxylation sites is 1. The van der Waals surface area contributed by atoms with Gasteiger partial charge in [-0.05, 0) is 31.9 Å². The van der Waals surface area contributed by atoms with E-state index in [1.165, 1.54) is 0 Å². The van der Waals surface area contributed by atoms with Crippen LogP contribution in [-0.2, 0) is 4.79 Å². The topological polar surface area (TPSA) is 53.2 Å². The minimum atomic E-state index is -0.144. The minimum Gasteiger partial charge on any atom is -0.324 e. The summed E-state index contributed by atoms with van der Waals surface area (Å²) in [6.07, 6.45) is 0.817. The molecule has 1 aliphatic rings. The molecule has 4 heteroatoms. The van der Waals surface area contributed by atoms with E-state index in [1.54, 1.807) is 0 Å². The Labute approximate surface area is 95.4 Å². The Morgan fingerprint density at radius 1 is 1.38 bits per heavy atom. The van der Waals surface area contributed by atoms with Crippen LogP contribution in [0.2, 0.25) is 0 Å². The molecule has 0 bridgehead atoms. The number of carbonyl (C=O) groups excluding carboxylic acids is 1. The zero-order valence-electron chi connectivity index (χ0n) is 9.58. The van der Waals surface area contributed by atoms with E-state index in [-0.39, 0.29) is 11.9 Å². The molecular weight excluding hydrogens is 202 g/mol. The highest BCUT2D eigenvalue weighted by Gasteiger charge is 2.26. The number of hydrogen-bond donors (Lipinski definition) is 3. The van der Waals surface area contributed by atoms with E-state index in [0.29, 0.717) is 6.04 Å². The van der Waals surface area contributed by atoms with Crippen LogP contribution >= 0.6 is 0 Å². The van der Waals surface area contributed by atoms with Crippen molar-refractivity contribution in [2.24, 2.45) is 0 Å². The second-order valence-electron chi connectivity index (χ2n) is 4.28. The zero-order chi connectivity index (χ0) is 11.5. The number of carbonyl (C=O) groups is 1. The van der Waals surface area contributed by atoms with Crippen molar-refractivity contribution in [3.8, 4) is 0 Å². The van der Waals surface area contributed by atoms with Crippen molar-refractivity contribution >= 4 is 11.6 Å². The molecule has 1 fully saturated rings. The van der Waals surface area contributed by atoms with Crippen LogP contribution < -0.4 is 16.2 Å². The van der Waals surface area contributed by atoms with Crippen molar-refractivity contribution in [1.82, 2.24) is 10.9 Å². The lowest BCUT2D eigenvalue weighted by molar-refractivity contribution is -0.117. The summed E-state index contributed by atoms with van der Waals surface area (Å²) in [6, 6.07) is 7.98. The van der Waals surface area contributed by atoms with Crippen molar-refractivity contribution in [3.05, 3.63) is 29.8 Å². The van der Waals surface area contributed by atoms with Crippen molar-refractivity contribution < 1.29 is 4.79 Å². The summed E-state index contributed by atoms with van der Waals surface area (Å²) in [4.78, 5) is 11.9. The quantitative estimate of drug-likeness (QED) is 0.700. The Kier molecular flexibility index (Phi) is 3.22. The smallest absolute Gasteiger partial charge is 0.242 e. The molecule has 2 atom stereocenters. The normalized spacial score (nSPS) is 24.4. The molecule has 1 aromatic rings. The molecule has 0 saturated carbocycles. The average Bonchev–Trinajstić information content (AvgIpc) is 2.68. The minimum absolute atomic E-state index is 0.0196. The van der Waals surface area contributed by atoms with Gasteiger partial charge in [0.2, 0.25) is 5.91 Å². The summed E-state index contributed by atoms with van der Waals surface area (Å²) in [7, 11) is 0. The van der Waals surface area contributed by atoms with E-state index in [4.69, 9.17) is 0 Å². The number of nitrogens with one attached hydrogen (secondary N) is 3.